The van der Waals surface area contributed by atoms with E-state index >= 15 is 0 Å². The fraction of sp³-hybridized carbons (Fsp3) is 0.417. The highest BCUT2D eigenvalue weighted by Gasteiger charge is 2.59. The summed E-state index contributed by atoms with van der Waals surface area (Å²) in [6.07, 6.45) is 3.52. The number of methoxy groups -OCH3 is 1. The molecule has 7 nitrogen and oxygen atoms in total. The smallest absolute Gasteiger partial charge is 0.337 e. The Labute approximate surface area is 197 Å². The number of esters is 1. The summed E-state index contributed by atoms with van der Waals surface area (Å²) in [5.74, 6) is 0.428. The van der Waals surface area contributed by atoms with Crippen molar-refractivity contribution in [2.45, 2.75) is 42.0 Å². The molecule has 0 amide bonds. The summed E-state index contributed by atoms with van der Waals surface area (Å²) in [5, 5.41) is 9.62. The number of aromatic carboxylic acids is 1. The predicted octanol–water partition coefficient (Wildman–Crippen LogP) is 3.92. The lowest BCUT2D eigenvalue weighted by Gasteiger charge is -2.41. The van der Waals surface area contributed by atoms with Gasteiger partial charge in [-0.15, -0.1) is 0 Å². The molecule has 2 aromatic rings. The highest BCUT2D eigenvalue weighted by Crippen LogP contribution is 2.59. The average Bonchev–Trinajstić information content (AvgIpc) is 3.63. The molecule has 2 heterocycles. The summed E-state index contributed by atoms with van der Waals surface area (Å²) in [4.78, 5) is 23.8. The molecule has 0 aromatic heterocycles. The highest BCUT2D eigenvalue weighted by atomic mass is 32.2. The van der Waals surface area contributed by atoms with Crippen molar-refractivity contribution in [1.29, 1.82) is 0 Å². The van der Waals surface area contributed by atoms with E-state index in [0.717, 1.165) is 42.8 Å². The summed E-state index contributed by atoms with van der Waals surface area (Å²) in [7, 11) is -2.75. The van der Waals surface area contributed by atoms with Crippen molar-refractivity contribution < 1.29 is 27.9 Å². The van der Waals surface area contributed by atoms with Gasteiger partial charge in [-0.25, -0.2) is 18.0 Å². The predicted molar refractivity (Wildman–Crippen MR) is 126 cm³/mol. The number of carboxylic acids is 1. The molecular formula is C24H25NO6S2. The number of fused-ring (bicyclic) bond motifs is 2. The maximum atomic E-state index is 14.1. The molecule has 3 aliphatic rings. The van der Waals surface area contributed by atoms with E-state index in [4.69, 9.17) is 4.74 Å². The molecule has 1 N–H and O–H groups in total. The number of hydrogen-bond acceptors (Lipinski definition) is 6. The first-order valence-electron chi connectivity index (χ1n) is 11.0. The molecule has 0 bridgehead atoms. The number of carbonyl (C=O) groups excluding carboxylic acids is 1. The number of ether oxygens (including phenoxy) is 1. The summed E-state index contributed by atoms with van der Waals surface area (Å²) < 4.78 is 34.5. The monoisotopic (exact) mass is 487 g/mol. The van der Waals surface area contributed by atoms with Gasteiger partial charge in [0.2, 0.25) is 0 Å². The Morgan fingerprint density at radius 3 is 2.45 bits per heavy atom. The van der Waals surface area contributed by atoms with Gasteiger partial charge in [0.1, 0.15) is 0 Å². The van der Waals surface area contributed by atoms with Crippen molar-refractivity contribution in [2.24, 2.45) is 5.92 Å². The molecule has 174 valence electrons. The number of hydrogen-bond donors (Lipinski definition) is 1. The van der Waals surface area contributed by atoms with Crippen molar-refractivity contribution in [3.8, 4) is 0 Å². The minimum Gasteiger partial charge on any atom is -0.478 e. The van der Waals surface area contributed by atoms with Gasteiger partial charge in [0.05, 0.1) is 34.9 Å². The molecule has 1 atom stereocenters. The van der Waals surface area contributed by atoms with Crippen LogP contribution in [0.25, 0.3) is 0 Å². The van der Waals surface area contributed by atoms with Crippen molar-refractivity contribution in [3.63, 3.8) is 0 Å². The lowest BCUT2D eigenvalue weighted by Crippen LogP contribution is -2.50. The van der Waals surface area contributed by atoms with E-state index in [1.165, 1.54) is 35.7 Å². The molecular weight excluding hydrogens is 462 g/mol. The fourth-order valence-corrected chi connectivity index (χ4v) is 8.51. The highest BCUT2D eigenvalue weighted by molar-refractivity contribution is 7.99. The lowest BCUT2D eigenvalue weighted by atomic mass is 9.70. The van der Waals surface area contributed by atoms with E-state index < -0.39 is 27.4 Å². The summed E-state index contributed by atoms with van der Waals surface area (Å²) in [5.41, 5.74) is 1.33. The number of benzene rings is 2. The van der Waals surface area contributed by atoms with Crippen molar-refractivity contribution >= 4 is 39.4 Å². The summed E-state index contributed by atoms with van der Waals surface area (Å²) >= 11 is 1.85. The molecule has 1 unspecified atom stereocenters. The maximum absolute atomic E-state index is 14.1. The van der Waals surface area contributed by atoms with Crippen LogP contribution in [0.4, 0.5) is 5.69 Å². The van der Waals surface area contributed by atoms with E-state index in [0.29, 0.717) is 5.69 Å². The third kappa shape index (κ3) is 3.52. The quantitative estimate of drug-likeness (QED) is 0.638. The Kier molecular flexibility index (Phi) is 5.44. The van der Waals surface area contributed by atoms with Crippen LogP contribution in [0.3, 0.4) is 0 Å². The van der Waals surface area contributed by atoms with Gasteiger partial charge < -0.3 is 9.84 Å². The molecule has 1 saturated heterocycles. The van der Waals surface area contributed by atoms with Crippen LogP contribution in [0.1, 0.15) is 52.0 Å². The van der Waals surface area contributed by atoms with Gasteiger partial charge in [0.25, 0.3) is 10.0 Å². The number of carboxylic acid groups (broad SMARTS) is 1. The van der Waals surface area contributed by atoms with Crippen LogP contribution in [-0.4, -0.2) is 50.1 Å². The molecule has 1 saturated carbocycles. The Bertz CT molecular complexity index is 1230. The van der Waals surface area contributed by atoms with Crippen LogP contribution < -0.4 is 4.31 Å². The first kappa shape index (κ1) is 22.3. The first-order chi connectivity index (χ1) is 15.8. The third-order valence-electron chi connectivity index (χ3n) is 7.10. The second kappa shape index (κ2) is 8.06. The number of carbonyl (C=O) groups is 2. The van der Waals surface area contributed by atoms with Crippen LogP contribution >= 0.6 is 11.8 Å². The third-order valence-corrected chi connectivity index (χ3v) is 9.88. The summed E-state index contributed by atoms with van der Waals surface area (Å²) in [6, 6.07) is 10.5. The standard InChI is InChI=1S/C24H25NO6S2/c1-31-23(28)17-3-2-4-18(13-17)33(29,30)25-20-8-7-16(22(26)27)14-19(20)24(9-11-32-12-10-24)21(25)15-5-6-15/h2-4,7-8,13-15,21H,5-6,9-12H2,1H3,(H,26,27). The van der Waals surface area contributed by atoms with Crippen LogP contribution in [0.5, 0.6) is 0 Å². The topological polar surface area (TPSA) is 101 Å². The van der Waals surface area contributed by atoms with Gasteiger partial charge in [0, 0.05) is 5.41 Å². The van der Waals surface area contributed by atoms with Gasteiger partial charge in [-0.2, -0.15) is 11.8 Å². The molecule has 0 radical (unpaired) electrons. The van der Waals surface area contributed by atoms with E-state index in [1.54, 1.807) is 18.2 Å². The zero-order valence-electron chi connectivity index (χ0n) is 18.2. The second-order valence-corrected chi connectivity index (χ2v) is 11.9. The van der Waals surface area contributed by atoms with Crippen molar-refractivity contribution in [3.05, 3.63) is 59.2 Å². The van der Waals surface area contributed by atoms with Crippen LogP contribution in [0.15, 0.2) is 47.4 Å². The van der Waals surface area contributed by atoms with Crippen LogP contribution in [0.2, 0.25) is 0 Å². The second-order valence-electron chi connectivity index (χ2n) is 8.91. The molecule has 1 aliphatic carbocycles. The Morgan fingerprint density at radius 2 is 1.82 bits per heavy atom. The number of nitrogens with zero attached hydrogens (tertiary/aromatic N) is 1. The zero-order chi connectivity index (χ0) is 23.4. The Balaban J connectivity index is 1.70. The zero-order valence-corrected chi connectivity index (χ0v) is 19.8. The lowest BCUT2D eigenvalue weighted by molar-refractivity contribution is 0.0599. The van der Waals surface area contributed by atoms with E-state index in [9.17, 15) is 23.1 Å². The van der Waals surface area contributed by atoms with Crippen molar-refractivity contribution in [1.82, 2.24) is 0 Å². The average molecular weight is 488 g/mol. The molecule has 2 aliphatic heterocycles. The number of anilines is 1. The van der Waals surface area contributed by atoms with Gasteiger partial charge in [-0.1, -0.05) is 6.07 Å². The molecule has 1 spiro atoms. The van der Waals surface area contributed by atoms with Gasteiger partial charge in [-0.3, -0.25) is 4.31 Å². The fourth-order valence-electron chi connectivity index (χ4n) is 5.44. The van der Waals surface area contributed by atoms with Gasteiger partial charge >= 0.3 is 11.9 Å². The number of rotatable bonds is 5. The van der Waals surface area contributed by atoms with Crippen molar-refractivity contribution in [2.75, 3.05) is 22.9 Å². The van der Waals surface area contributed by atoms with Crippen LogP contribution in [-0.2, 0) is 20.2 Å². The number of sulfonamides is 1. The van der Waals surface area contributed by atoms with E-state index in [2.05, 4.69) is 0 Å². The van der Waals surface area contributed by atoms with Gasteiger partial charge in [0.15, 0.2) is 0 Å². The molecule has 9 heteroatoms. The molecule has 2 aromatic carbocycles. The minimum atomic E-state index is -4.01. The Morgan fingerprint density at radius 1 is 1.09 bits per heavy atom. The van der Waals surface area contributed by atoms with Gasteiger partial charge in [-0.05, 0) is 85.1 Å². The maximum Gasteiger partial charge on any atom is 0.337 e. The van der Waals surface area contributed by atoms with E-state index in [-0.39, 0.29) is 28.0 Å². The van der Waals surface area contributed by atoms with Crippen LogP contribution in [0, 0.1) is 5.92 Å². The largest absolute Gasteiger partial charge is 0.478 e. The normalized spacial score (nSPS) is 21.6. The molecule has 33 heavy (non-hydrogen) atoms. The molecule has 5 rings (SSSR count). The minimum absolute atomic E-state index is 0.0338. The molecule has 2 fully saturated rings. The SMILES string of the molecule is COC(=O)c1cccc(S(=O)(=O)N2c3ccc(C(=O)O)cc3C3(CCSCC3)C2C2CC2)c1. The first-order valence-corrected chi connectivity index (χ1v) is 13.6. The Hall–Kier alpha value is -2.52. The summed E-state index contributed by atoms with van der Waals surface area (Å²) in [6.45, 7) is 0. The number of thioether (sulfide) groups is 1. The van der Waals surface area contributed by atoms with E-state index in [1.807, 2.05) is 11.8 Å².